The van der Waals surface area contributed by atoms with E-state index in [0.29, 0.717) is 12.1 Å². The number of carbonyl (C=O) groups excluding carboxylic acids is 1. The van der Waals surface area contributed by atoms with Crippen molar-refractivity contribution in [3.05, 3.63) is 47.5 Å². The van der Waals surface area contributed by atoms with Gasteiger partial charge in [-0.3, -0.25) is 4.79 Å². The van der Waals surface area contributed by atoms with E-state index < -0.39 is 6.23 Å². The molecule has 1 N–H and O–H groups in total. The molecule has 0 fully saturated rings. The molecular formula is C14H13NO2. The van der Waals surface area contributed by atoms with Crippen molar-refractivity contribution in [2.45, 2.75) is 13.2 Å². The molecule has 3 rings (SSSR count). The van der Waals surface area contributed by atoms with Crippen molar-refractivity contribution in [2.24, 2.45) is 0 Å². The highest BCUT2D eigenvalue weighted by Gasteiger charge is 2.35. The fourth-order valence-electron chi connectivity index (χ4n) is 2.50. The first-order chi connectivity index (χ1) is 8.24. The van der Waals surface area contributed by atoms with Crippen molar-refractivity contribution in [2.75, 3.05) is 6.54 Å². The Kier molecular flexibility index (Phi) is 2.16. The van der Waals surface area contributed by atoms with Crippen LogP contribution < -0.4 is 0 Å². The number of aliphatic hydroxyl groups is 1. The van der Waals surface area contributed by atoms with E-state index in [4.69, 9.17) is 0 Å². The van der Waals surface area contributed by atoms with Gasteiger partial charge < -0.3 is 10.0 Å². The van der Waals surface area contributed by atoms with E-state index in [1.165, 1.54) is 4.90 Å². The maximum Gasteiger partial charge on any atom is 0.256 e. The number of amides is 1. The zero-order valence-electron chi connectivity index (χ0n) is 9.55. The molecule has 0 saturated heterocycles. The van der Waals surface area contributed by atoms with Crippen LogP contribution in [-0.4, -0.2) is 22.5 Å². The lowest BCUT2D eigenvalue weighted by atomic mass is 10.0. The second-order valence-corrected chi connectivity index (χ2v) is 4.21. The van der Waals surface area contributed by atoms with E-state index in [2.05, 4.69) is 0 Å². The third-order valence-electron chi connectivity index (χ3n) is 3.36. The number of aliphatic hydroxyl groups excluding tert-OH is 1. The molecule has 1 heterocycles. The Hall–Kier alpha value is -1.87. The normalized spacial score (nSPS) is 18.8. The summed E-state index contributed by atoms with van der Waals surface area (Å²) in [5, 5.41) is 12.2. The first kappa shape index (κ1) is 10.3. The Bertz CT molecular complexity index is 606. The summed E-state index contributed by atoms with van der Waals surface area (Å²) in [4.78, 5) is 13.5. The third-order valence-corrected chi connectivity index (χ3v) is 3.36. The Morgan fingerprint density at radius 1 is 1.24 bits per heavy atom. The first-order valence-electron chi connectivity index (χ1n) is 5.74. The molecule has 0 aliphatic carbocycles. The molecule has 1 amide bonds. The van der Waals surface area contributed by atoms with E-state index >= 15 is 0 Å². The highest BCUT2D eigenvalue weighted by Crippen LogP contribution is 2.36. The summed E-state index contributed by atoms with van der Waals surface area (Å²) in [6, 6.07) is 11.5. The molecule has 0 spiro atoms. The monoisotopic (exact) mass is 227 g/mol. The van der Waals surface area contributed by atoms with Crippen molar-refractivity contribution in [1.29, 1.82) is 0 Å². The minimum absolute atomic E-state index is 0.0826. The van der Waals surface area contributed by atoms with Crippen molar-refractivity contribution in [3.63, 3.8) is 0 Å². The Balaban J connectivity index is 2.33. The average Bonchev–Trinajstić information content (AvgIpc) is 2.61. The predicted octanol–water partition coefficient (Wildman–Crippen LogP) is 2.31. The van der Waals surface area contributed by atoms with Crippen LogP contribution >= 0.6 is 0 Å². The lowest BCUT2D eigenvalue weighted by Gasteiger charge is -2.18. The molecule has 86 valence electrons. The van der Waals surface area contributed by atoms with Gasteiger partial charge in [-0.05, 0) is 23.8 Å². The molecule has 2 aromatic carbocycles. The second kappa shape index (κ2) is 3.57. The van der Waals surface area contributed by atoms with E-state index in [-0.39, 0.29) is 5.91 Å². The van der Waals surface area contributed by atoms with E-state index in [1.807, 2.05) is 37.3 Å². The molecule has 0 bridgehead atoms. The van der Waals surface area contributed by atoms with Gasteiger partial charge in [-0.15, -0.1) is 0 Å². The van der Waals surface area contributed by atoms with Crippen molar-refractivity contribution >= 4 is 16.7 Å². The Morgan fingerprint density at radius 2 is 2.00 bits per heavy atom. The second-order valence-electron chi connectivity index (χ2n) is 4.21. The lowest BCUT2D eigenvalue weighted by Crippen LogP contribution is -2.27. The van der Waals surface area contributed by atoms with Gasteiger partial charge in [0.2, 0.25) is 0 Å². The van der Waals surface area contributed by atoms with Crippen LogP contribution in [0.3, 0.4) is 0 Å². The molecular weight excluding hydrogens is 214 g/mol. The summed E-state index contributed by atoms with van der Waals surface area (Å²) in [5.41, 5.74) is 1.37. The molecule has 1 atom stereocenters. The number of fused-ring (bicyclic) bond motifs is 3. The van der Waals surface area contributed by atoms with Gasteiger partial charge in [-0.2, -0.15) is 0 Å². The molecule has 1 unspecified atom stereocenters. The zero-order chi connectivity index (χ0) is 12.0. The number of nitrogens with zero attached hydrogens (tertiary/aromatic N) is 1. The molecule has 1 aliphatic heterocycles. The quantitative estimate of drug-likeness (QED) is 0.812. The number of carbonyl (C=O) groups is 1. The maximum absolute atomic E-state index is 12.0. The summed E-state index contributed by atoms with van der Waals surface area (Å²) in [6.07, 6.45) is -0.811. The summed E-state index contributed by atoms with van der Waals surface area (Å²) in [7, 11) is 0. The van der Waals surface area contributed by atoms with Crippen LogP contribution in [0.2, 0.25) is 0 Å². The summed E-state index contributed by atoms with van der Waals surface area (Å²) < 4.78 is 0. The number of benzene rings is 2. The number of rotatable bonds is 1. The SMILES string of the molecule is CCN1C(=O)c2ccc3ccccc3c2C1O. The van der Waals surface area contributed by atoms with Gasteiger partial charge in [0.1, 0.15) is 0 Å². The van der Waals surface area contributed by atoms with Gasteiger partial charge in [-0.25, -0.2) is 0 Å². The average molecular weight is 227 g/mol. The molecule has 3 nitrogen and oxygen atoms in total. The standard InChI is InChI=1S/C14H13NO2/c1-2-15-13(16)11-8-7-9-5-3-4-6-10(9)12(11)14(15)17/h3-8,14,17H,2H2,1H3. The largest absolute Gasteiger partial charge is 0.369 e. The van der Waals surface area contributed by atoms with Crippen molar-refractivity contribution in [3.8, 4) is 0 Å². The minimum Gasteiger partial charge on any atom is -0.369 e. The Morgan fingerprint density at radius 3 is 2.76 bits per heavy atom. The molecule has 0 aromatic heterocycles. The van der Waals surface area contributed by atoms with Crippen LogP contribution in [-0.2, 0) is 0 Å². The molecule has 17 heavy (non-hydrogen) atoms. The van der Waals surface area contributed by atoms with E-state index in [1.54, 1.807) is 6.07 Å². The predicted molar refractivity (Wildman–Crippen MR) is 65.6 cm³/mol. The van der Waals surface area contributed by atoms with Gasteiger partial charge in [0.15, 0.2) is 6.23 Å². The minimum atomic E-state index is -0.811. The van der Waals surface area contributed by atoms with Gasteiger partial charge >= 0.3 is 0 Å². The van der Waals surface area contributed by atoms with Crippen LogP contribution in [0, 0.1) is 0 Å². The number of hydrogen-bond acceptors (Lipinski definition) is 2. The van der Waals surface area contributed by atoms with Gasteiger partial charge in [0.05, 0.1) is 0 Å². The smallest absolute Gasteiger partial charge is 0.256 e. The first-order valence-corrected chi connectivity index (χ1v) is 5.74. The van der Waals surface area contributed by atoms with Gasteiger partial charge in [0, 0.05) is 17.7 Å². The lowest BCUT2D eigenvalue weighted by molar-refractivity contribution is 0.0208. The summed E-state index contributed by atoms with van der Waals surface area (Å²) >= 11 is 0. The highest BCUT2D eigenvalue weighted by atomic mass is 16.3. The molecule has 3 heteroatoms. The third kappa shape index (κ3) is 1.29. The fraction of sp³-hybridized carbons (Fsp3) is 0.214. The Labute approximate surface area is 99.3 Å². The number of hydrogen-bond donors (Lipinski definition) is 1. The molecule has 1 aliphatic rings. The zero-order valence-corrected chi connectivity index (χ0v) is 9.55. The maximum atomic E-state index is 12.0. The molecule has 0 radical (unpaired) electrons. The van der Waals surface area contributed by atoms with Crippen molar-refractivity contribution in [1.82, 2.24) is 4.90 Å². The van der Waals surface area contributed by atoms with Crippen LogP contribution in [0.4, 0.5) is 0 Å². The van der Waals surface area contributed by atoms with Crippen LogP contribution in [0.1, 0.15) is 29.1 Å². The topological polar surface area (TPSA) is 40.5 Å². The fourth-order valence-corrected chi connectivity index (χ4v) is 2.50. The van der Waals surface area contributed by atoms with E-state index in [0.717, 1.165) is 16.3 Å². The summed E-state index contributed by atoms with van der Waals surface area (Å²) in [5.74, 6) is -0.0826. The molecule has 0 saturated carbocycles. The van der Waals surface area contributed by atoms with Crippen LogP contribution in [0.25, 0.3) is 10.8 Å². The van der Waals surface area contributed by atoms with Crippen LogP contribution in [0.5, 0.6) is 0 Å². The van der Waals surface area contributed by atoms with Crippen LogP contribution in [0.15, 0.2) is 36.4 Å². The summed E-state index contributed by atoms with van der Waals surface area (Å²) in [6.45, 7) is 2.39. The van der Waals surface area contributed by atoms with E-state index in [9.17, 15) is 9.90 Å². The van der Waals surface area contributed by atoms with Gasteiger partial charge in [-0.1, -0.05) is 30.3 Å². The highest BCUT2D eigenvalue weighted by molar-refractivity contribution is 6.04. The van der Waals surface area contributed by atoms with Crippen molar-refractivity contribution < 1.29 is 9.90 Å². The van der Waals surface area contributed by atoms with Gasteiger partial charge in [0.25, 0.3) is 5.91 Å². The molecule has 2 aromatic rings.